The first kappa shape index (κ1) is 18.4. The highest BCUT2D eigenvalue weighted by atomic mass is 16.2. The SMILES string of the molecule is Cc1ccccc1C1c2cccn2CCN1C(=O)c1ccc(-c2ccccc2)cc1. The number of fused-ring (bicyclic) bond motifs is 1. The van der Waals surface area contributed by atoms with Crippen molar-refractivity contribution in [3.8, 4) is 11.1 Å². The number of aromatic nitrogens is 1. The number of amides is 1. The fourth-order valence-electron chi connectivity index (χ4n) is 4.42. The summed E-state index contributed by atoms with van der Waals surface area (Å²) in [4.78, 5) is 15.6. The predicted molar refractivity (Wildman–Crippen MR) is 120 cm³/mol. The standard InChI is InChI=1S/C27H24N2O/c1-20-8-5-6-11-24(20)26-25-12-7-17-28(25)18-19-29(26)27(30)23-15-13-22(14-16-23)21-9-3-2-4-10-21/h2-17,26H,18-19H2,1H3. The quantitative estimate of drug-likeness (QED) is 0.438. The molecule has 0 aliphatic carbocycles. The fourth-order valence-corrected chi connectivity index (χ4v) is 4.42. The highest BCUT2D eigenvalue weighted by molar-refractivity contribution is 5.95. The summed E-state index contributed by atoms with van der Waals surface area (Å²) >= 11 is 0. The Morgan fingerprint density at radius 3 is 2.23 bits per heavy atom. The van der Waals surface area contributed by atoms with Crippen LogP contribution < -0.4 is 0 Å². The normalized spacial score (nSPS) is 15.6. The number of carbonyl (C=O) groups excluding carboxylic acids is 1. The van der Waals surface area contributed by atoms with Gasteiger partial charge in [0.25, 0.3) is 5.91 Å². The number of nitrogens with zero attached hydrogens (tertiary/aromatic N) is 2. The molecule has 0 fully saturated rings. The first-order chi connectivity index (χ1) is 14.7. The van der Waals surface area contributed by atoms with E-state index >= 15 is 0 Å². The van der Waals surface area contributed by atoms with Gasteiger partial charge in [0.2, 0.25) is 0 Å². The maximum absolute atomic E-state index is 13.6. The number of benzene rings is 3. The van der Waals surface area contributed by atoms with Crippen LogP contribution in [0, 0.1) is 6.92 Å². The van der Waals surface area contributed by atoms with Gasteiger partial charge < -0.3 is 9.47 Å². The lowest BCUT2D eigenvalue weighted by Crippen LogP contribution is -2.42. The molecular weight excluding hydrogens is 368 g/mol. The lowest BCUT2D eigenvalue weighted by molar-refractivity contribution is 0.0663. The maximum Gasteiger partial charge on any atom is 0.254 e. The summed E-state index contributed by atoms with van der Waals surface area (Å²) in [6.07, 6.45) is 2.11. The molecule has 3 nitrogen and oxygen atoms in total. The largest absolute Gasteiger partial charge is 0.348 e. The van der Waals surface area contributed by atoms with Gasteiger partial charge in [0.1, 0.15) is 0 Å². The van der Waals surface area contributed by atoms with Gasteiger partial charge in [0.15, 0.2) is 0 Å². The molecule has 1 atom stereocenters. The molecule has 3 aromatic carbocycles. The molecule has 4 aromatic rings. The van der Waals surface area contributed by atoms with Gasteiger partial charge in [-0.05, 0) is 53.4 Å². The highest BCUT2D eigenvalue weighted by Gasteiger charge is 2.33. The minimum absolute atomic E-state index is 0.0729. The van der Waals surface area contributed by atoms with Gasteiger partial charge in [0, 0.05) is 30.5 Å². The zero-order chi connectivity index (χ0) is 20.5. The molecule has 30 heavy (non-hydrogen) atoms. The Morgan fingerprint density at radius 2 is 1.47 bits per heavy atom. The number of hydrogen-bond acceptors (Lipinski definition) is 1. The summed E-state index contributed by atoms with van der Waals surface area (Å²) in [6, 6.07) is 30.7. The van der Waals surface area contributed by atoms with Crippen molar-refractivity contribution < 1.29 is 4.79 Å². The Hall–Kier alpha value is -3.59. The average molecular weight is 393 g/mol. The van der Waals surface area contributed by atoms with Crippen LogP contribution >= 0.6 is 0 Å². The van der Waals surface area contributed by atoms with Crippen LogP contribution in [0.5, 0.6) is 0 Å². The number of hydrogen-bond donors (Lipinski definition) is 0. The van der Waals surface area contributed by atoms with E-state index < -0.39 is 0 Å². The van der Waals surface area contributed by atoms with Crippen molar-refractivity contribution in [3.63, 3.8) is 0 Å². The second-order valence-corrected chi connectivity index (χ2v) is 7.83. The van der Waals surface area contributed by atoms with E-state index in [0.29, 0.717) is 6.54 Å². The van der Waals surface area contributed by atoms with Crippen molar-refractivity contribution in [1.29, 1.82) is 0 Å². The molecule has 1 unspecified atom stereocenters. The van der Waals surface area contributed by atoms with Crippen LogP contribution in [-0.4, -0.2) is 21.9 Å². The third kappa shape index (κ3) is 3.22. The first-order valence-electron chi connectivity index (χ1n) is 10.4. The maximum atomic E-state index is 13.6. The van der Waals surface area contributed by atoms with Crippen molar-refractivity contribution in [2.45, 2.75) is 19.5 Å². The van der Waals surface area contributed by atoms with Gasteiger partial charge in [-0.2, -0.15) is 0 Å². The Bertz CT molecular complexity index is 1170. The van der Waals surface area contributed by atoms with Crippen LogP contribution in [0.3, 0.4) is 0 Å². The molecule has 3 heteroatoms. The van der Waals surface area contributed by atoms with E-state index in [1.807, 2.05) is 47.4 Å². The smallest absolute Gasteiger partial charge is 0.254 e. The van der Waals surface area contributed by atoms with Crippen molar-refractivity contribution in [1.82, 2.24) is 9.47 Å². The summed E-state index contributed by atoms with van der Waals surface area (Å²) in [5, 5.41) is 0. The molecule has 5 rings (SSSR count). The second kappa shape index (κ2) is 7.68. The molecule has 1 amide bonds. The molecule has 0 N–H and O–H groups in total. The summed E-state index contributed by atoms with van der Waals surface area (Å²) in [7, 11) is 0. The van der Waals surface area contributed by atoms with Gasteiger partial charge in [-0.25, -0.2) is 0 Å². The zero-order valence-corrected chi connectivity index (χ0v) is 17.0. The van der Waals surface area contributed by atoms with Gasteiger partial charge in [-0.15, -0.1) is 0 Å². The van der Waals surface area contributed by atoms with Crippen molar-refractivity contribution >= 4 is 5.91 Å². The third-order valence-electron chi connectivity index (χ3n) is 6.02. The second-order valence-electron chi connectivity index (χ2n) is 7.83. The van der Waals surface area contributed by atoms with E-state index in [1.54, 1.807) is 0 Å². The molecule has 148 valence electrons. The Kier molecular flexibility index (Phi) is 4.72. The van der Waals surface area contributed by atoms with E-state index in [9.17, 15) is 4.79 Å². The fraction of sp³-hybridized carbons (Fsp3) is 0.148. The first-order valence-corrected chi connectivity index (χ1v) is 10.4. The van der Waals surface area contributed by atoms with Gasteiger partial charge >= 0.3 is 0 Å². The minimum atomic E-state index is -0.0729. The molecule has 0 bridgehead atoms. The van der Waals surface area contributed by atoms with Crippen LogP contribution in [-0.2, 0) is 6.54 Å². The summed E-state index contributed by atoms with van der Waals surface area (Å²) in [5.74, 6) is 0.0790. The average Bonchev–Trinajstić information content (AvgIpc) is 3.28. The number of aryl methyl sites for hydroxylation is 1. The molecule has 0 spiro atoms. The topological polar surface area (TPSA) is 25.2 Å². The minimum Gasteiger partial charge on any atom is -0.348 e. The molecule has 1 aliphatic heterocycles. The highest BCUT2D eigenvalue weighted by Crippen LogP contribution is 2.35. The van der Waals surface area contributed by atoms with E-state index in [2.05, 4.69) is 66.2 Å². The van der Waals surface area contributed by atoms with Crippen LogP contribution in [0.2, 0.25) is 0 Å². The van der Waals surface area contributed by atoms with Crippen LogP contribution in [0.4, 0.5) is 0 Å². The number of carbonyl (C=O) groups is 1. The van der Waals surface area contributed by atoms with Gasteiger partial charge in [-0.3, -0.25) is 4.79 Å². The van der Waals surface area contributed by atoms with E-state index in [0.717, 1.165) is 23.2 Å². The molecule has 2 heterocycles. The van der Waals surface area contributed by atoms with Crippen molar-refractivity contribution in [2.24, 2.45) is 0 Å². The van der Waals surface area contributed by atoms with E-state index in [4.69, 9.17) is 0 Å². The van der Waals surface area contributed by atoms with Gasteiger partial charge in [-0.1, -0.05) is 66.7 Å². The van der Waals surface area contributed by atoms with Crippen LogP contribution in [0.25, 0.3) is 11.1 Å². The van der Waals surface area contributed by atoms with Crippen molar-refractivity contribution in [3.05, 3.63) is 120 Å². The van der Waals surface area contributed by atoms with E-state index in [1.165, 1.54) is 16.8 Å². The Morgan fingerprint density at radius 1 is 0.767 bits per heavy atom. The Labute approximate surface area is 177 Å². The predicted octanol–water partition coefficient (Wildman–Crippen LogP) is 5.71. The molecule has 0 radical (unpaired) electrons. The van der Waals surface area contributed by atoms with Gasteiger partial charge in [0.05, 0.1) is 6.04 Å². The van der Waals surface area contributed by atoms with Crippen LogP contribution in [0.15, 0.2) is 97.2 Å². The third-order valence-corrected chi connectivity index (χ3v) is 6.02. The van der Waals surface area contributed by atoms with E-state index in [-0.39, 0.29) is 11.9 Å². The molecule has 0 saturated carbocycles. The summed E-state index contributed by atoms with van der Waals surface area (Å²) < 4.78 is 2.26. The van der Waals surface area contributed by atoms with Crippen LogP contribution in [0.1, 0.15) is 33.2 Å². The van der Waals surface area contributed by atoms with Crippen molar-refractivity contribution in [2.75, 3.05) is 6.54 Å². The summed E-state index contributed by atoms with van der Waals surface area (Å²) in [5.41, 5.74) is 6.57. The molecule has 1 aliphatic rings. The lowest BCUT2D eigenvalue weighted by Gasteiger charge is -2.38. The Balaban J connectivity index is 1.51. The summed E-state index contributed by atoms with van der Waals surface area (Å²) in [6.45, 7) is 3.63. The monoisotopic (exact) mass is 392 g/mol. The molecular formula is C27H24N2O. The molecule has 1 aromatic heterocycles. The zero-order valence-electron chi connectivity index (χ0n) is 17.0. The molecule has 0 saturated heterocycles. The number of rotatable bonds is 3. The lowest BCUT2D eigenvalue weighted by atomic mass is 9.95.